The molecule has 3 rings (SSSR count). The number of carbonyl (C=O) groups excluding carboxylic acids is 2. The first kappa shape index (κ1) is 29.0. The summed E-state index contributed by atoms with van der Waals surface area (Å²) in [4.78, 5) is 29.4. The van der Waals surface area contributed by atoms with Gasteiger partial charge in [0.1, 0.15) is 0 Å². The maximum Gasteiger partial charge on any atom is 0.295 e. The number of carbonyl (C=O) groups is 2. The number of hydrogen-bond acceptors (Lipinski definition) is 6. The van der Waals surface area contributed by atoms with E-state index in [1.54, 1.807) is 32.0 Å². The lowest BCUT2D eigenvalue weighted by atomic mass is 9.94. The number of para-hydroxylation sites is 1. The minimum Gasteiger partial charge on any atom is -0.872 e. The van der Waals surface area contributed by atoms with Gasteiger partial charge < -0.3 is 29.1 Å². The van der Waals surface area contributed by atoms with Gasteiger partial charge >= 0.3 is 0 Å². The molecule has 0 radical (unpaired) electrons. The van der Waals surface area contributed by atoms with E-state index in [9.17, 15) is 19.1 Å². The number of hydrogen-bond donors (Lipinski definition) is 1. The molecule has 1 fully saturated rings. The van der Waals surface area contributed by atoms with Crippen molar-refractivity contribution in [3.05, 3.63) is 58.9 Å². The van der Waals surface area contributed by atoms with Gasteiger partial charge in [-0.15, -0.1) is 0 Å². The zero-order valence-electron chi connectivity index (χ0n) is 22.9. The quantitative estimate of drug-likeness (QED) is 0.258. The molecule has 0 bridgehead atoms. The summed E-state index contributed by atoms with van der Waals surface area (Å²) in [5.74, 6) is -2.39. The predicted octanol–water partition coefficient (Wildman–Crippen LogP) is 2.17. The predicted molar refractivity (Wildman–Crippen MR) is 140 cm³/mol. The Kier molecular flexibility index (Phi) is 9.74. The van der Waals surface area contributed by atoms with E-state index in [0.29, 0.717) is 23.5 Å². The summed E-state index contributed by atoms with van der Waals surface area (Å²) in [5, 5.41) is 13.7. The van der Waals surface area contributed by atoms with E-state index < -0.39 is 29.3 Å². The molecular weight excluding hydrogens is 491 g/mol. The maximum atomic E-state index is 14.8. The molecule has 2 aromatic carbocycles. The molecule has 1 amide bonds. The van der Waals surface area contributed by atoms with Gasteiger partial charge in [-0.05, 0) is 51.5 Å². The topological polar surface area (TPSA) is 92.6 Å². The zero-order chi connectivity index (χ0) is 28.0. The van der Waals surface area contributed by atoms with Gasteiger partial charge in [0.15, 0.2) is 23.1 Å². The van der Waals surface area contributed by atoms with Gasteiger partial charge in [0.25, 0.3) is 5.91 Å². The Morgan fingerprint density at radius 2 is 1.79 bits per heavy atom. The van der Waals surface area contributed by atoms with Crippen LogP contribution in [0.15, 0.2) is 42.0 Å². The van der Waals surface area contributed by atoms with Gasteiger partial charge in [0, 0.05) is 24.1 Å². The Balaban J connectivity index is 2.14. The molecule has 1 aliphatic heterocycles. The number of benzene rings is 2. The van der Waals surface area contributed by atoms with Crippen molar-refractivity contribution in [2.24, 2.45) is 0 Å². The van der Waals surface area contributed by atoms with E-state index >= 15 is 0 Å². The van der Waals surface area contributed by atoms with E-state index in [1.807, 2.05) is 0 Å². The molecule has 9 heteroatoms. The summed E-state index contributed by atoms with van der Waals surface area (Å²) in [6.45, 7) is 10.7. The standard InChI is InChI=1S/C29H37FN2O6/c1-7-31(8-2)15-10-16-32-25(20-11-9-12-23(36-5)28(20)37-6)24(27(34)29(32)35)26(33)19-13-14-22(21(30)17-19)38-18(3)4/h9,11-14,17-18,25,33H,7-8,10,15-16H2,1-6H3. The van der Waals surface area contributed by atoms with Gasteiger partial charge in [0.2, 0.25) is 5.78 Å². The molecule has 206 valence electrons. The van der Waals surface area contributed by atoms with Crippen molar-refractivity contribution in [3.8, 4) is 17.2 Å². The third-order valence-electron chi connectivity index (χ3n) is 6.74. The molecule has 1 atom stereocenters. The van der Waals surface area contributed by atoms with E-state index in [-0.39, 0.29) is 29.5 Å². The number of methoxy groups -OCH3 is 2. The number of nitrogens with zero attached hydrogens (tertiary/aromatic N) is 1. The highest BCUT2D eigenvalue weighted by Gasteiger charge is 2.45. The minimum absolute atomic E-state index is 0.00178. The first-order valence-corrected chi connectivity index (χ1v) is 13.0. The highest BCUT2D eigenvalue weighted by molar-refractivity contribution is 6.46. The first-order valence-electron chi connectivity index (χ1n) is 13.0. The second-order valence-electron chi connectivity index (χ2n) is 9.43. The van der Waals surface area contributed by atoms with Gasteiger partial charge in [-0.25, -0.2) is 4.39 Å². The smallest absolute Gasteiger partial charge is 0.295 e. The SMILES string of the molecule is CC[NH+](CC)CCCN1C(=O)C(=O)C(=C([O-])c2ccc(OC(C)C)c(F)c2)C1c1cccc(OC)c1OC. The first-order chi connectivity index (χ1) is 18.2. The molecule has 1 unspecified atom stereocenters. The normalized spacial score (nSPS) is 17.0. The monoisotopic (exact) mass is 528 g/mol. The van der Waals surface area contributed by atoms with E-state index in [2.05, 4.69) is 13.8 Å². The summed E-state index contributed by atoms with van der Waals surface area (Å²) in [6, 6.07) is 7.90. The number of halogens is 1. The van der Waals surface area contributed by atoms with Gasteiger partial charge in [0.05, 0.1) is 46.0 Å². The van der Waals surface area contributed by atoms with Crippen LogP contribution in [0.2, 0.25) is 0 Å². The van der Waals surface area contributed by atoms with Crippen LogP contribution in [0.5, 0.6) is 17.2 Å². The number of ether oxygens (including phenoxy) is 3. The number of nitrogens with one attached hydrogen (secondary N) is 1. The maximum absolute atomic E-state index is 14.8. The molecule has 1 heterocycles. The van der Waals surface area contributed by atoms with Crippen molar-refractivity contribution in [3.63, 3.8) is 0 Å². The molecule has 38 heavy (non-hydrogen) atoms. The summed E-state index contributed by atoms with van der Waals surface area (Å²) in [7, 11) is 2.94. The lowest BCUT2D eigenvalue weighted by Gasteiger charge is -2.29. The molecule has 1 saturated heterocycles. The van der Waals surface area contributed by atoms with Crippen molar-refractivity contribution in [1.82, 2.24) is 4.90 Å². The molecule has 1 N–H and O–H groups in total. The number of amides is 1. The van der Waals surface area contributed by atoms with Crippen LogP contribution >= 0.6 is 0 Å². The molecule has 0 spiro atoms. The highest BCUT2D eigenvalue weighted by Crippen LogP contribution is 2.45. The Bertz CT molecular complexity index is 1190. The summed E-state index contributed by atoms with van der Waals surface area (Å²) in [6.07, 6.45) is 0.377. The Morgan fingerprint density at radius 3 is 2.37 bits per heavy atom. The minimum atomic E-state index is -1.01. The number of rotatable bonds is 12. The van der Waals surface area contributed by atoms with Crippen LogP contribution in [0.1, 0.15) is 51.3 Å². The van der Waals surface area contributed by atoms with Crippen LogP contribution in [0, 0.1) is 5.82 Å². The van der Waals surface area contributed by atoms with E-state index in [0.717, 1.165) is 25.7 Å². The van der Waals surface area contributed by atoms with Gasteiger partial charge in [-0.1, -0.05) is 24.0 Å². The lowest BCUT2D eigenvalue weighted by molar-refractivity contribution is -0.896. The second kappa shape index (κ2) is 12.8. The molecule has 1 aliphatic rings. The zero-order valence-corrected chi connectivity index (χ0v) is 22.9. The number of quaternary nitrogens is 1. The largest absolute Gasteiger partial charge is 0.872 e. The second-order valence-corrected chi connectivity index (χ2v) is 9.43. The van der Waals surface area contributed by atoms with Crippen molar-refractivity contribution in [1.29, 1.82) is 0 Å². The van der Waals surface area contributed by atoms with Crippen LogP contribution < -0.4 is 24.2 Å². The average molecular weight is 529 g/mol. The molecule has 8 nitrogen and oxygen atoms in total. The van der Waals surface area contributed by atoms with Crippen LogP contribution in [-0.2, 0) is 9.59 Å². The Morgan fingerprint density at radius 1 is 1.08 bits per heavy atom. The third-order valence-corrected chi connectivity index (χ3v) is 6.74. The molecule has 0 aromatic heterocycles. The Hall–Kier alpha value is -3.59. The highest BCUT2D eigenvalue weighted by atomic mass is 19.1. The van der Waals surface area contributed by atoms with E-state index in [1.165, 1.54) is 36.2 Å². The fourth-order valence-corrected chi connectivity index (χ4v) is 4.80. The molecule has 0 saturated carbocycles. The van der Waals surface area contributed by atoms with Crippen LogP contribution in [-0.4, -0.2) is 63.1 Å². The number of ketones is 1. The molecular formula is C29H37FN2O6. The number of likely N-dealkylation sites (tertiary alicyclic amines) is 1. The third kappa shape index (κ3) is 5.93. The van der Waals surface area contributed by atoms with Gasteiger partial charge in [-0.2, -0.15) is 0 Å². The summed E-state index contributed by atoms with van der Waals surface area (Å²) in [5.41, 5.74) is 0.162. The van der Waals surface area contributed by atoms with Crippen molar-refractivity contribution >= 4 is 17.4 Å². The average Bonchev–Trinajstić information content (AvgIpc) is 3.15. The van der Waals surface area contributed by atoms with E-state index in [4.69, 9.17) is 14.2 Å². The van der Waals surface area contributed by atoms with Crippen LogP contribution in [0.25, 0.3) is 5.76 Å². The molecule has 2 aromatic rings. The lowest BCUT2D eigenvalue weighted by Crippen LogP contribution is -3.11. The summed E-state index contributed by atoms with van der Waals surface area (Å²) >= 11 is 0. The van der Waals surface area contributed by atoms with Crippen LogP contribution in [0.3, 0.4) is 0 Å². The van der Waals surface area contributed by atoms with Crippen molar-refractivity contribution < 1.29 is 38.2 Å². The fourth-order valence-electron chi connectivity index (χ4n) is 4.80. The van der Waals surface area contributed by atoms with Crippen molar-refractivity contribution in [2.75, 3.05) is 40.4 Å². The fraction of sp³-hybridized carbons (Fsp3) is 0.448. The van der Waals surface area contributed by atoms with Crippen LogP contribution in [0.4, 0.5) is 4.39 Å². The Labute approximate surface area is 223 Å². The summed E-state index contributed by atoms with van der Waals surface area (Å²) < 4.78 is 31.2. The van der Waals surface area contributed by atoms with Gasteiger partial charge in [-0.3, -0.25) is 9.59 Å². The number of Topliss-reactive ketones (excluding diaryl/α,β-unsaturated/α-hetero) is 1. The van der Waals surface area contributed by atoms with Crippen molar-refractivity contribution in [2.45, 2.75) is 46.3 Å². The molecule has 0 aliphatic carbocycles.